The summed E-state index contributed by atoms with van der Waals surface area (Å²) in [5, 5.41) is 3.54. The summed E-state index contributed by atoms with van der Waals surface area (Å²) in [5.74, 6) is 0.365. The number of hydrogen-bond acceptors (Lipinski definition) is 3. The molecule has 1 saturated carbocycles. The van der Waals surface area contributed by atoms with Gasteiger partial charge in [0.25, 0.3) is 0 Å². The summed E-state index contributed by atoms with van der Waals surface area (Å²) in [6.07, 6.45) is 5.89. The summed E-state index contributed by atoms with van der Waals surface area (Å²) in [5.41, 5.74) is -0.141. The lowest BCUT2D eigenvalue weighted by molar-refractivity contribution is -0.131. The Bertz CT molecular complexity index is 327. The molecule has 96 valence electrons. The first-order valence-corrected chi connectivity index (χ1v) is 6.95. The number of likely N-dealkylation sites (N-methyl/N-ethyl adjacent to an activating group) is 1. The van der Waals surface area contributed by atoms with Crippen LogP contribution in [0.2, 0.25) is 0 Å². The molecular formula is C13H23N3O. The second kappa shape index (κ2) is 3.95. The van der Waals surface area contributed by atoms with Crippen LogP contribution >= 0.6 is 0 Å². The lowest BCUT2D eigenvalue weighted by atomic mass is 10.2. The van der Waals surface area contributed by atoms with E-state index in [0.717, 1.165) is 25.8 Å². The van der Waals surface area contributed by atoms with Gasteiger partial charge in [-0.25, -0.2) is 0 Å². The van der Waals surface area contributed by atoms with E-state index in [1.54, 1.807) is 0 Å². The molecule has 0 aromatic heterocycles. The Morgan fingerprint density at radius 1 is 1.47 bits per heavy atom. The van der Waals surface area contributed by atoms with Crippen molar-refractivity contribution in [1.29, 1.82) is 0 Å². The van der Waals surface area contributed by atoms with Gasteiger partial charge < -0.3 is 9.80 Å². The zero-order valence-electron chi connectivity index (χ0n) is 10.9. The van der Waals surface area contributed by atoms with Gasteiger partial charge in [-0.1, -0.05) is 6.92 Å². The summed E-state index contributed by atoms with van der Waals surface area (Å²) in [6, 6.07) is 0.573. The quantitative estimate of drug-likeness (QED) is 0.788. The number of amides is 1. The van der Waals surface area contributed by atoms with Crippen LogP contribution in [-0.2, 0) is 4.79 Å². The molecule has 4 nitrogen and oxygen atoms in total. The second-order valence-corrected chi connectivity index (χ2v) is 5.88. The highest BCUT2D eigenvalue weighted by molar-refractivity contribution is 5.91. The van der Waals surface area contributed by atoms with Crippen molar-refractivity contribution in [2.45, 2.75) is 56.8 Å². The molecular weight excluding hydrogens is 214 g/mol. The minimum atomic E-state index is -0.141. The lowest BCUT2D eigenvalue weighted by Crippen LogP contribution is -2.44. The summed E-state index contributed by atoms with van der Waals surface area (Å²) in [4.78, 5) is 16.9. The van der Waals surface area contributed by atoms with E-state index in [9.17, 15) is 4.79 Å². The molecule has 4 heteroatoms. The zero-order chi connectivity index (χ0) is 12.0. The monoisotopic (exact) mass is 237 g/mol. The molecule has 1 amide bonds. The number of carbonyl (C=O) groups is 1. The molecule has 1 N–H and O–H groups in total. The van der Waals surface area contributed by atoms with Crippen LogP contribution in [0.4, 0.5) is 0 Å². The molecule has 0 radical (unpaired) electrons. The minimum absolute atomic E-state index is 0.141. The average Bonchev–Trinajstić information content (AvgIpc) is 2.93. The lowest BCUT2D eigenvalue weighted by Gasteiger charge is -2.29. The van der Waals surface area contributed by atoms with Crippen LogP contribution in [0, 0.1) is 0 Å². The predicted octanol–water partition coefficient (Wildman–Crippen LogP) is 0.781. The van der Waals surface area contributed by atoms with Crippen LogP contribution in [0.15, 0.2) is 0 Å². The first kappa shape index (κ1) is 11.5. The van der Waals surface area contributed by atoms with Crippen LogP contribution in [-0.4, -0.2) is 53.6 Å². The average molecular weight is 237 g/mol. The SMILES string of the molecule is CCC1NC2(CC2)C(=O)N1CC1CCCN1C. The molecule has 3 fully saturated rings. The fourth-order valence-corrected chi connectivity index (χ4v) is 3.33. The Balaban J connectivity index is 1.70. The third-order valence-corrected chi connectivity index (χ3v) is 4.71. The van der Waals surface area contributed by atoms with Gasteiger partial charge in [0.2, 0.25) is 5.91 Å². The van der Waals surface area contributed by atoms with E-state index in [4.69, 9.17) is 0 Å². The molecule has 17 heavy (non-hydrogen) atoms. The normalized spacial score (nSPS) is 36.1. The summed E-state index contributed by atoms with van der Waals surface area (Å²) in [6.45, 7) is 4.27. The number of hydrogen-bond donors (Lipinski definition) is 1. The van der Waals surface area contributed by atoms with Crippen molar-refractivity contribution in [2.24, 2.45) is 0 Å². The number of carbonyl (C=O) groups excluding carboxylic acids is 1. The van der Waals surface area contributed by atoms with Gasteiger partial charge in [-0.05, 0) is 45.7 Å². The van der Waals surface area contributed by atoms with Crippen LogP contribution in [0.5, 0.6) is 0 Å². The molecule has 0 aromatic carbocycles. The number of nitrogens with one attached hydrogen (secondary N) is 1. The molecule has 3 aliphatic rings. The zero-order valence-corrected chi connectivity index (χ0v) is 10.9. The van der Waals surface area contributed by atoms with Crippen molar-refractivity contribution in [1.82, 2.24) is 15.1 Å². The van der Waals surface area contributed by atoms with Crippen LogP contribution in [0.3, 0.4) is 0 Å². The second-order valence-electron chi connectivity index (χ2n) is 5.88. The maximum atomic E-state index is 12.4. The van der Waals surface area contributed by atoms with E-state index in [-0.39, 0.29) is 11.7 Å². The van der Waals surface area contributed by atoms with Gasteiger partial charge in [0.15, 0.2) is 0 Å². The molecule has 2 unspecified atom stereocenters. The maximum Gasteiger partial charge on any atom is 0.244 e. The van der Waals surface area contributed by atoms with E-state index < -0.39 is 0 Å². The highest BCUT2D eigenvalue weighted by Crippen LogP contribution is 2.42. The van der Waals surface area contributed by atoms with E-state index >= 15 is 0 Å². The molecule has 1 spiro atoms. The van der Waals surface area contributed by atoms with Crippen molar-refractivity contribution in [2.75, 3.05) is 20.1 Å². The first-order chi connectivity index (χ1) is 8.16. The molecule has 3 rings (SSSR count). The van der Waals surface area contributed by atoms with Gasteiger partial charge in [-0.2, -0.15) is 0 Å². The predicted molar refractivity (Wildman–Crippen MR) is 66.5 cm³/mol. The third-order valence-electron chi connectivity index (χ3n) is 4.71. The number of nitrogens with zero attached hydrogens (tertiary/aromatic N) is 2. The van der Waals surface area contributed by atoms with Gasteiger partial charge in [-0.3, -0.25) is 10.1 Å². The van der Waals surface area contributed by atoms with Crippen molar-refractivity contribution in [3.8, 4) is 0 Å². The van der Waals surface area contributed by atoms with E-state index in [2.05, 4.69) is 29.1 Å². The summed E-state index contributed by atoms with van der Waals surface area (Å²) in [7, 11) is 2.18. The van der Waals surface area contributed by atoms with Crippen LogP contribution in [0.25, 0.3) is 0 Å². The highest BCUT2D eigenvalue weighted by atomic mass is 16.2. The molecule has 2 heterocycles. The van der Waals surface area contributed by atoms with Gasteiger partial charge in [0, 0.05) is 12.6 Å². The van der Waals surface area contributed by atoms with Crippen LogP contribution < -0.4 is 5.32 Å². The molecule has 0 aromatic rings. The largest absolute Gasteiger partial charge is 0.324 e. The Morgan fingerprint density at radius 2 is 2.24 bits per heavy atom. The van der Waals surface area contributed by atoms with E-state index in [0.29, 0.717) is 11.9 Å². The molecule has 0 bridgehead atoms. The van der Waals surface area contributed by atoms with E-state index in [1.165, 1.54) is 19.4 Å². The van der Waals surface area contributed by atoms with Gasteiger partial charge in [0.1, 0.15) is 0 Å². The smallest absolute Gasteiger partial charge is 0.244 e. The fraction of sp³-hybridized carbons (Fsp3) is 0.923. The molecule has 2 atom stereocenters. The molecule has 1 aliphatic carbocycles. The topological polar surface area (TPSA) is 35.6 Å². The third kappa shape index (κ3) is 1.78. The standard InChI is InChI=1S/C13H23N3O/c1-3-11-14-13(6-7-13)12(17)16(11)9-10-5-4-8-15(10)2/h10-11,14H,3-9H2,1-2H3. The Morgan fingerprint density at radius 3 is 2.76 bits per heavy atom. The minimum Gasteiger partial charge on any atom is -0.324 e. The van der Waals surface area contributed by atoms with Gasteiger partial charge in [0.05, 0.1) is 11.7 Å². The summed E-state index contributed by atoms with van der Waals surface area (Å²) < 4.78 is 0. The Hall–Kier alpha value is -0.610. The summed E-state index contributed by atoms with van der Waals surface area (Å²) >= 11 is 0. The van der Waals surface area contributed by atoms with Crippen molar-refractivity contribution in [3.05, 3.63) is 0 Å². The van der Waals surface area contributed by atoms with Crippen LogP contribution in [0.1, 0.15) is 39.0 Å². The molecule has 2 aliphatic heterocycles. The van der Waals surface area contributed by atoms with Crippen molar-refractivity contribution >= 4 is 5.91 Å². The van der Waals surface area contributed by atoms with Crippen molar-refractivity contribution in [3.63, 3.8) is 0 Å². The van der Waals surface area contributed by atoms with Gasteiger partial charge >= 0.3 is 0 Å². The highest BCUT2D eigenvalue weighted by Gasteiger charge is 2.58. The van der Waals surface area contributed by atoms with Gasteiger partial charge in [-0.15, -0.1) is 0 Å². The van der Waals surface area contributed by atoms with E-state index in [1.807, 2.05) is 0 Å². The number of rotatable bonds is 3. The Kier molecular flexibility index (Phi) is 2.67. The number of likely N-dealkylation sites (tertiary alicyclic amines) is 1. The first-order valence-electron chi connectivity index (χ1n) is 6.95. The van der Waals surface area contributed by atoms with Crippen molar-refractivity contribution < 1.29 is 4.79 Å². The maximum absolute atomic E-state index is 12.4. The fourth-order valence-electron chi connectivity index (χ4n) is 3.33. The molecule has 2 saturated heterocycles. The Labute approximate surface area is 103 Å².